The molecular weight excluding hydrogens is 237 g/mol. The van der Waals surface area contributed by atoms with Crippen molar-refractivity contribution in [1.29, 1.82) is 0 Å². The Morgan fingerprint density at radius 2 is 2.18 bits per heavy atom. The molecule has 2 N–H and O–H groups in total. The molecule has 0 fully saturated rings. The Kier molecular flexibility index (Phi) is 2.78. The number of alkyl halides is 3. The molecule has 1 aliphatic rings. The molecule has 0 aliphatic carbocycles. The number of nitrogens with zero attached hydrogens (tertiary/aromatic N) is 1. The predicted molar refractivity (Wildman–Crippen MR) is 51.6 cm³/mol. The highest BCUT2D eigenvalue weighted by molar-refractivity contribution is 5.89. The molecule has 0 amide bonds. The van der Waals surface area contributed by atoms with E-state index in [0.717, 1.165) is 0 Å². The van der Waals surface area contributed by atoms with Gasteiger partial charge in [-0.25, -0.2) is 9.78 Å². The minimum absolute atomic E-state index is 0.218. The van der Waals surface area contributed by atoms with E-state index < -0.39 is 17.8 Å². The van der Waals surface area contributed by atoms with Crippen molar-refractivity contribution in [1.82, 2.24) is 10.3 Å². The molecule has 0 spiro atoms. The van der Waals surface area contributed by atoms with E-state index in [1.165, 1.54) is 0 Å². The second-order valence-electron chi connectivity index (χ2n) is 3.71. The summed E-state index contributed by atoms with van der Waals surface area (Å²) in [5, 5.41) is 11.8. The molecule has 0 atom stereocenters. The van der Waals surface area contributed by atoms with Crippen LogP contribution in [0.1, 0.15) is 27.3 Å². The first-order valence-corrected chi connectivity index (χ1v) is 4.93. The Morgan fingerprint density at radius 3 is 2.76 bits per heavy atom. The van der Waals surface area contributed by atoms with Gasteiger partial charge in [0.2, 0.25) is 0 Å². The number of aromatic carboxylic acids is 1. The van der Waals surface area contributed by atoms with Crippen LogP contribution in [-0.2, 0) is 19.1 Å². The number of carbonyl (C=O) groups is 1. The molecule has 0 radical (unpaired) electrons. The number of rotatable bonds is 1. The minimum Gasteiger partial charge on any atom is -0.478 e. The SMILES string of the molecule is O=C(O)c1cc(C(F)(F)F)nc2c1CNCC2. The van der Waals surface area contributed by atoms with Gasteiger partial charge in [0.05, 0.1) is 5.56 Å². The summed E-state index contributed by atoms with van der Waals surface area (Å²) in [6, 6.07) is 0.591. The molecule has 1 aromatic rings. The lowest BCUT2D eigenvalue weighted by Crippen LogP contribution is -2.28. The van der Waals surface area contributed by atoms with Gasteiger partial charge in [0.15, 0.2) is 0 Å². The Morgan fingerprint density at radius 1 is 1.47 bits per heavy atom. The number of carboxylic acids is 1. The van der Waals surface area contributed by atoms with Crippen LogP contribution in [-0.4, -0.2) is 22.6 Å². The summed E-state index contributed by atoms with van der Waals surface area (Å²) in [6.07, 6.45) is -4.32. The molecule has 0 aromatic carbocycles. The second kappa shape index (κ2) is 3.99. The van der Waals surface area contributed by atoms with Gasteiger partial charge >= 0.3 is 12.1 Å². The molecule has 1 aromatic heterocycles. The summed E-state index contributed by atoms with van der Waals surface area (Å²) < 4.78 is 37.6. The number of nitrogens with one attached hydrogen (secondary N) is 1. The first-order valence-electron chi connectivity index (χ1n) is 4.93. The van der Waals surface area contributed by atoms with Gasteiger partial charge in [0.1, 0.15) is 5.69 Å². The maximum atomic E-state index is 12.5. The monoisotopic (exact) mass is 246 g/mol. The van der Waals surface area contributed by atoms with E-state index in [1.54, 1.807) is 0 Å². The third kappa shape index (κ3) is 2.23. The fourth-order valence-corrected chi connectivity index (χ4v) is 1.78. The average Bonchev–Trinajstić information content (AvgIpc) is 2.26. The van der Waals surface area contributed by atoms with Crippen molar-refractivity contribution in [2.75, 3.05) is 6.54 Å². The van der Waals surface area contributed by atoms with Crippen LogP contribution in [0.15, 0.2) is 6.07 Å². The molecular formula is C10H9F3N2O2. The van der Waals surface area contributed by atoms with E-state index in [4.69, 9.17) is 5.11 Å². The maximum absolute atomic E-state index is 12.5. The number of pyridine rings is 1. The number of carboxylic acid groups (broad SMARTS) is 1. The molecule has 2 heterocycles. The van der Waals surface area contributed by atoms with Crippen molar-refractivity contribution >= 4 is 5.97 Å². The highest BCUT2D eigenvalue weighted by Gasteiger charge is 2.35. The third-order valence-electron chi connectivity index (χ3n) is 2.57. The smallest absolute Gasteiger partial charge is 0.433 e. The zero-order valence-electron chi connectivity index (χ0n) is 8.64. The molecule has 2 rings (SSSR count). The molecule has 92 valence electrons. The van der Waals surface area contributed by atoms with Gasteiger partial charge in [-0.05, 0) is 6.07 Å². The van der Waals surface area contributed by atoms with Crippen molar-refractivity contribution in [2.45, 2.75) is 19.1 Å². The van der Waals surface area contributed by atoms with Crippen LogP contribution < -0.4 is 5.32 Å². The fraction of sp³-hybridized carbons (Fsp3) is 0.400. The molecule has 0 saturated heterocycles. The number of fused-ring (bicyclic) bond motifs is 1. The topological polar surface area (TPSA) is 62.2 Å². The lowest BCUT2D eigenvalue weighted by atomic mass is 10.00. The molecule has 4 nitrogen and oxygen atoms in total. The molecule has 7 heteroatoms. The molecule has 0 saturated carbocycles. The molecule has 17 heavy (non-hydrogen) atoms. The normalized spacial score (nSPS) is 15.5. The van der Waals surface area contributed by atoms with Crippen molar-refractivity contribution in [3.05, 3.63) is 28.6 Å². The van der Waals surface area contributed by atoms with Gasteiger partial charge < -0.3 is 10.4 Å². The van der Waals surface area contributed by atoms with Crippen LogP contribution in [0.2, 0.25) is 0 Å². The summed E-state index contributed by atoms with van der Waals surface area (Å²) >= 11 is 0. The van der Waals surface area contributed by atoms with Crippen molar-refractivity contribution in [3.8, 4) is 0 Å². The zero-order chi connectivity index (χ0) is 12.6. The number of hydrogen-bond donors (Lipinski definition) is 2. The lowest BCUT2D eigenvalue weighted by molar-refractivity contribution is -0.141. The number of aromatic nitrogens is 1. The van der Waals surface area contributed by atoms with Gasteiger partial charge in [-0.15, -0.1) is 0 Å². The molecule has 0 unspecified atom stereocenters. The van der Waals surface area contributed by atoms with Crippen LogP contribution in [0.4, 0.5) is 13.2 Å². The zero-order valence-corrected chi connectivity index (χ0v) is 8.64. The quantitative estimate of drug-likeness (QED) is 0.787. The molecule has 0 bridgehead atoms. The first kappa shape index (κ1) is 11.8. The highest BCUT2D eigenvalue weighted by Crippen LogP contribution is 2.30. The third-order valence-corrected chi connectivity index (χ3v) is 2.57. The summed E-state index contributed by atoms with van der Waals surface area (Å²) in [4.78, 5) is 14.4. The van der Waals surface area contributed by atoms with Gasteiger partial charge in [-0.1, -0.05) is 0 Å². The Bertz CT molecular complexity index is 471. The van der Waals surface area contributed by atoms with Crippen LogP contribution in [0.5, 0.6) is 0 Å². The van der Waals surface area contributed by atoms with Crippen LogP contribution in [0.3, 0.4) is 0 Å². The fourth-order valence-electron chi connectivity index (χ4n) is 1.78. The number of halogens is 3. The van der Waals surface area contributed by atoms with E-state index >= 15 is 0 Å². The standard InChI is InChI=1S/C10H9F3N2O2/c11-10(12,13)8-3-5(9(16)17)6-4-14-2-1-7(6)15-8/h3,14H,1-2,4H2,(H,16,17). The van der Waals surface area contributed by atoms with Gasteiger partial charge in [0.25, 0.3) is 0 Å². The van der Waals surface area contributed by atoms with E-state index in [-0.39, 0.29) is 17.8 Å². The van der Waals surface area contributed by atoms with Crippen LogP contribution in [0.25, 0.3) is 0 Å². The number of hydrogen-bond acceptors (Lipinski definition) is 3. The van der Waals surface area contributed by atoms with Crippen molar-refractivity contribution in [2.24, 2.45) is 0 Å². The summed E-state index contributed by atoms with van der Waals surface area (Å²) in [7, 11) is 0. The maximum Gasteiger partial charge on any atom is 0.433 e. The predicted octanol–water partition coefficient (Wildman–Crippen LogP) is 1.44. The minimum atomic E-state index is -4.62. The van der Waals surface area contributed by atoms with E-state index in [9.17, 15) is 18.0 Å². The van der Waals surface area contributed by atoms with E-state index in [1.807, 2.05) is 0 Å². The highest BCUT2D eigenvalue weighted by atomic mass is 19.4. The Balaban J connectivity index is 2.60. The van der Waals surface area contributed by atoms with Crippen LogP contribution in [0, 0.1) is 0 Å². The Hall–Kier alpha value is -1.63. The second-order valence-corrected chi connectivity index (χ2v) is 3.71. The van der Waals surface area contributed by atoms with Crippen molar-refractivity contribution < 1.29 is 23.1 Å². The molecule has 1 aliphatic heterocycles. The van der Waals surface area contributed by atoms with Crippen LogP contribution >= 0.6 is 0 Å². The van der Waals surface area contributed by atoms with Gasteiger partial charge in [-0.2, -0.15) is 13.2 Å². The summed E-state index contributed by atoms with van der Waals surface area (Å²) in [5.41, 5.74) is -0.905. The van der Waals surface area contributed by atoms with Crippen molar-refractivity contribution in [3.63, 3.8) is 0 Å². The van der Waals surface area contributed by atoms with E-state index in [2.05, 4.69) is 10.3 Å². The summed E-state index contributed by atoms with van der Waals surface area (Å²) in [6.45, 7) is 0.739. The Labute approximate surface area is 94.5 Å². The lowest BCUT2D eigenvalue weighted by Gasteiger charge is -2.19. The largest absolute Gasteiger partial charge is 0.478 e. The van der Waals surface area contributed by atoms with E-state index in [0.29, 0.717) is 24.6 Å². The first-order chi connectivity index (χ1) is 7.89. The summed E-state index contributed by atoms with van der Waals surface area (Å²) in [5.74, 6) is -1.36. The van der Waals surface area contributed by atoms with Gasteiger partial charge in [0, 0.05) is 30.8 Å². The average molecular weight is 246 g/mol. The van der Waals surface area contributed by atoms with Gasteiger partial charge in [-0.3, -0.25) is 0 Å².